The van der Waals surface area contributed by atoms with Gasteiger partial charge in [0.25, 0.3) is 0 Å². The van der Waals surface area contributed by atoms with Crippen LogP contribution in [0.2, 0.25) is 0 Å². The number of ether oxygens (including phenoxy) is 1. The summed E-state index contributed by atoms with van der Waals surface area (Å²) in [6.45, 7) is 5.64. The van der Waals surface area contributed by atoms with Crippen LogP contribution in [0.25, 0.3) is 0 Å². The number of carbonyl (C=O) groups is 1. The molecule has 2 heterocycles. The van der Waals surface area contributed by atoms with E-state index in [1.807, 2.05) is 4.90 Å². The summed E-state index contributed by atoms with van der Waals surface area (Å²) < 4.78 is 5.80. The zero-order valence-corrected chi connectivity index (χ0v) is 11.6. The molecular weight excluding hydrogens is 242 g/mol. The summed E-state index contributed by atoms with van der Waals surface area (Å²) in [6.07, 6.45) is 5.74. The molecule has 0 radical (unpaired) electrons. The molecule has 2 rings (SSSR count). The van der Waals surface area contributed by atoms with Crippen molar-refractivity contribution < 1.29 is 9.53 Å². The summed E-state index contributed by atoms with van der Waals surface area (Å²) in [7, 11) is 0. The van der Waals surface area contributed by atoms with Crippen LogP contribution in [0.1, 0.15) is 33.1 Å². The number of nitrogens with zero attached hydrogens (tertiary/aromatic N) is 3. The third-order valence-corrected chi connectivity index (χ3v) is 3.16. The van der Waals surface area contributed by atoms with Crippen LogP contribution in [0.4, 0.5) is 0 Å². The van der Waals surface area contributed by atoms with Crippen LogP contribution in [0.3, 0.4) is 0 Å². The first-order valence-corrected chi connectivity index (χ1v) is 6.85. The van der Waals surface area contributed by atoms with Gasteiger partial charge in [-0.25, -0.2) is 9.97 Å². The second kappa shape index (κ2) is 6.50. The van der Waals surface area contributed by atoms with Gasteiger partial charge in [-0.05, 0) is 18.8 Å². The highest BCUT2D eigenvalue weighted by Gasteiger charge is 2.25. The predicted molar refractivity (Wildman–Crippen MR) is 71.7 cm³/mol. The highest BCUT2D eigenvalue weighted by atomic mass is 16.5. The Morgan fingerprint density at radius 2 is 2.42 bits per heavy atom. The monoisotopic (exact) mass is 263 g/mol. The molecule has 1 amide bonds. The van der Waals surface area contributed by atoms with Crippen LogP contribution in [0, 0.1) is 5.92 Å². The van der Waals surface area contributed by atoms with Crippen molar-refractivity contribution in [2.45, 2.75) is 39.2 Å². The van der Waals surface area contributed by atoms with Crippen molar-refractivity contribution in [3.8, 4) is 5.88 Å². The van der Waals surface area contributed by atoms with Gasteiger partial charge in [0.05, 0.1) is 6.54 Å². The topological polar surface area (TPSA) is 55.3 Å². The Morgan fingerprint density at radius 3 is 3.11 bits per heavy atom. The van der Waals surface area contributed by atoms with Gasteiger partial charge in [0.2, 0.25) is 11.8 Å². The van der Waals surface area contributed by atoms with Gasteiger partial charge in [-0.2, -0.15) is 0 Å². The summed E-state index contributed by atoms with van der Waals surface area (Å²) in [5.74, 6) is 1.21. The van der Waals surface area contributed by atoms with Crippen LogP contribution in [-0.4, -0.2) is 40.0 Å². The van der Waals surface area contributed by atoms with Crippen molar-refractivity contribution in [3.05, 3.63) is 18.6 Å². The number of amides is 1. The molecule has 19 heavy (non-hydrogen) atoms. The molecule has 104 valence electrons. The molecule has 0 aliphatic carbocycles. The lowest BCUT2D eigenvalue weighted by Gasteiger charge is -2.33. The third-order valence-electron chi connectivity index (χ3n) is 3.16. The summed E-state index contributed by atoms with van der Waals surface area (Å²) in [6, 6.07) is 1.74. The minimum Gasteiger partial charge on any atom is -0.472 e. The Morgan fingerprint density at radius 1 is 1.58 bits per heavy atom. The number of hydrogen-bond donors (Lipinski definition) is 0. The van der Waals surface area contributed by atoms with E-state index in [1.165, 1.54) is 6.33 Å². The molecule has 1 aliphatic heterocycles. The van der Waals surface area contributed by atoms with Gasteiger partial charge in [-0.15, -0.1) is 0 Å². The number of carbonyl (C=O) groups excluding carboxylic acids is 1. The fourth-order valence-electron chi connectivity index (χ4n) is 2.26. The second-order valence-corrected chi connectivity index (χ2v) is 5.37. The first-order chi connectivity index (χ1) is 9.15. The number of piperidine rings is 1. The van der Waals surface area contributed by atoms with Gasteiger partial charge in [0, 0.05) is 25.2 Å². The van der Waals surface area contributed by atoms with Crippen molar-refractivity contribution in [1.82, 2.24) is 14.9 Å². The smallest absolute Gasteiger partial charge is 0.222 e. The van der Waals surface area contributed by atoms with E-state index in [0.717, 1.165) is 19.4 Å². The maximum Gasteiger partial charge on any atom is 0.222 e. The average molecular weight is 263 g/mol. The molecule has 0 spiro atoms. The van der Waals surface area contributed by atoms with Crippen LogP contribution < -0.4 is 4.74 Å². The molecule has 0 bridgehead atoms. The normalized spacial score (nSPS) is 19.5. The molecule has 1 atom stereocenters. The van der Waals surface area contributed by atoms with Gasteiger partial charge in [0.1, 0.15) is 12.4 Å². The standard InChI is InChI=1S/C14H21N3O2/c1-11(2)8-14(18)17-7-3-4-12(9-17)19-13-5-6-15-10-16-13/h5-6,10-12H,3-4,7-9H2,1-2H3. The minimum absolute atomic E-state index is 0.0414. The van der Waals surface area contributed by atoms with E-state index in [1.54, 1.807) is 12.3 Å². The predicted octanol–water partition coefficient (Wildman–Crippen LogP) is 1.89. The summed E-state index contributed by atoms with van der Waals surface area (Å²) in [4.78, 5) is 21.9. The Bertz CT molecular complexity index is 408. The van der Waals surface area contributed by atoms with Crippen molar-refractivity contribution in [1.29, 1.82) is 0 Å². The number of aromatic nitrogens is 2. The van der Waals surface area contributed by atoms with Crippen molar-refractivity contribution in [2.75, 3.05) is 13.1 Å². The maximum atomic E-state index is 12.1. The van der Waals surface area contributed by atoms with E-state index in [0.29, 0.717) is 24.8 Å². The first kappa shape index (κ1) is 13.8. The van der Waals surface area contributed by atoms with Crippen molar-refractivity contribution in [3.63, 3.8) is 0 Å². The molecule has 0 aromatic carbocycles. The van der Waals surface area contributed by atoms with Crippen LogP contribution in [0.15, 0.2) is 18.6 Å². The van der Waals surface area contributed by atoms with Gasteiger partial charge in [0.15, 0.2) is 0 Å². The fourth-order valence-corrected chi connectivity index (χ4v) is 2.26. The lowest BCUT2D eigenvalue weighted by molar-refractivity contribution is -0.134. The van der Waals surface area contributed by atoms with E-state index < -0.39 is 0 Å². The zero-order chi connectivity index (χ0) is 13.7. The average Bonchev–Trinajstić information content (AvgIpc) is 2.39. The van der Waals surface area contributed by atoms with Gasteiger partial charge < -0.3 is 9.64 Å². The Kier molecular flexibility index (Phi) is 4.71. The minimum atomic E-state index is 0.0414. The summed E-state index contributed by atoms with van der Waals surface area (Å²) >= 11 is 0. The highest BCUT2D eigenvalue weighted by Crippen LogP contribution is 2.17. The van der Waals surface area contributed by atoms with Crippen molar-refractivity contribution in [2.24, 2.45) is 5.92 Å². The van der Waals surface area contributed by atoms with Crippen LogP contribution in [0.5, 0.6) is 5.88 Å². The van der Waals surface area contributed by atoms with Crippen molar-refractivity contribution >= 4 is 5.91 Å². The quantitative estimate of drug-likeness (QED) is 0.832. The SMILES string of the molecule is CC(C)CC(=O)N1CCCC(Oc2ccncn2)C1. The lowest BCUT2D eigenvalue weighted by atomic mass is 10.1. The molecule has 1 fully saturated rings. The van der Waals surface area contributed by atoms with E-state index in [9.17, 15) is 4.79 Å². The maximum absolute atomic E-state index is 12.1. The lowest BCUT2D eigenvalue weighted by Crippen LogP contribution is -2.44. The fraction of sp³-hybridized carbons (Fsp3) is 0.643. The number of hydrogen-bond acceptors (Lipinski definition) is 4. The molecule has 1 saturated heterocycles. The van der Waals surface area contributed by atoms with Gasteiger partial charge >= 0.3 is 0 Å². The summed E-state index contributed by atoms with van der Waals surface area (Å²) in [5, 5.41) is 0. The van der Waals surface area contributed by atoms with Gasteiger partial charge in [-0.1, -0.05) is 13.8 Å². The molecule has 1 aromatic heterocycles. The zero-order valence-electron chi connectivity index (χ0n) is 11.6. The molecule has 1 aliphatic rings. The molecule has 1 aromatic rings. The first-order valence-electron chi connectivity index (χ1n) is 6.85. The Labute approximate surface area is 114 Å². The molecule has 1 unspecified atom stereocenters. The number of rotatable bonds is 4. The third kappa shape index (κ3) is 4.19. The number of likely N-dealkylation sites (tertiary alicyclic amines) is 1. The van der Waals surface area contributed by atoms with E-state index in [2.05, 4.69) is 23.8 Å². The highest BCUT2D eigenvalue weighted by molar-refractivity contribution is 5.76. The molecule has 0 N–H and O–H groups in total. The molecular formula is C14H21N3O2. The van der Waals surface area contributed by atoms with E-state index in [4.69, 9.17) is 4.74 Å². The second-order valence-electron chi connectivity index (χ2n) is 5.37. The Balaban J connectivity index is 1.88. The van der Waals surface area contributed by atoms with E-state index >= 15 is 0 Å². The van der Waals surface area contributed by atoms with E-state index in [-0.39, 0.29) is 12.0 Å². The summed E-state index contributed by atoms with van der Waals surface area (Å²) in [5.41, 5.74) is 0. The van der Waals surface area contributed by atoms with Gasteiger partial charge in [-0.3, -0.25) is 4.79 Å². The largest absolute Gasteiger partial charge is 0.472 e. The van der Waals surface area contributed by atoms with Crippen LogP contribution in [-0.2, 0) is 4.79 Å². The Hall–Kier alpha value is -1.65. The van der Waals surface area contributed by atoms with Crippen LogP contribution >= 0.6 is 0 Å². The molecule has 0 saturated carbocycles. The molecule has 5 nitrogen and oxygen atoms in total. The molecule has 5 heteroatoms.